The van der Waals surface area contributed by atoms with E-state index in [2.05, 4.69) is 15.0 Å². The molecular formula is C14H11N3O3. The summed E-state index contributed by atoms with van der Waals surface area (Å²) in [6, 6.07) is 9.28. The van der Waals surface area contributed by atoms with Crippen molar-refractivity contribution in [3.63, 3.8) is 0 Å². The van der Waals surface area contributed by atoms with Gasteiger partial charge in [-0.2, -0.15) is 0 Å². The number of nitrogens with one attached hydrogen (secondary N) is 1. The molecule has 0 aliphatic rings. The lowest BCUT2D eigenvalue weighted by molar-refractivity contribution is 0.0699. The Labute approximate surface area is 114 Å². The summed E-state index contributed by atoms with van der Waals surface area (Å²) in [5.74, 6) is -0.321. The summed E-state index contributed by atoms with van der Waals surface area (Å²) < 4.78 is 5.61. The van der Waals surface area contributed by atoms with Gasteiger partial charge in [0, 0.05) is 6.20 Å². The van der Waals surface area contributed by atoms with Crippen LogP contribution in [0.25, 0.3) is 11.0 Å². The number of para-hydroxylation sites is 1. The lowest BCUT2D eigenvalue weighted by Gasteiger charge is -2.06. The molecule has 0 amide bonds. The molecule has 0 radical (unpaired) electrons. The van der Waals surface area contributed by atoms with Gasteiger partial charge in [-0.05, 0) is 12.1 Å². The molecule has 0 bridgehead atoms. The van der Waals surface area contributed by atoms with Crippen LogP contribution in [0, 0.1) is 0 Å². The molecule has 3 aromatic rings. The number of aromatic nitrogens is 3. The SMILES string of the molecule is O=C(O)c1c[nH]c2ncnc(COc3ccccc3)c12. The molecule has 3 rings (SSSR count). The second-order valence-electron chi connectivity index (χ2n) is 4.15. The van der Waals surface area contributed by atoms with Crippen molar-refractivity contribution in [2.24, 2.45) is 0 Å². The van der Waals surface area contributed by atoms with Crippen molar-refractivity contribution in [3.8, 4) is 5.75 Å². The number of aromatic carboxylic acids is 1. The normalized spacial score (nSPS) is 10.6. The van der Waals surface area contributed by atoms with E-state index in [0.29, 0.717) is 22.5 Å². The maximum atomic E-state index is 11.2. The number of fused-ring (bicyclic) bond motifs is 1. The van der Waals surface area contributed by atoms with Crippen LogP contribution < -0.4 is 4.74 Å². The Morgan fingerprint density at radius 2 is 2.05 bits per heavy atom. The summed E-state index contributed by atoms with van der Waals surface area (Å²) in [6.45, 7) is 0.182. The van der Waals surface area contributed by atoms with E-state index < -0.39 is 5.97 Å². The second kappa shape index (κ2) is 5.00. The van der Waals surface area contributed by atoms with Crippen LogP contribution in [0.4, 0.5) is 0 Å². The highest BCUT2D eigenvalue weighted by Gasteiger charge is 2.16. The molecule has 0 saturated carbocycles. The topological polar surface area (TPSA) is 88.1 Å². The number of carboxylic acid groups (broad SMARTS) is 1. The van der Waals surface area contributed by atoms with Gasteiger partial charge in [-0.15, -0.1) is 0 Å². The quantitative estimate of drug-likeness (QED) is 0.758. The Balaban J connectivity index is 1.95. The standard InChI is InChI=1S/C14H11N3O3/c18-14(19)10-6-15-13-12(10)11(16-8-17-13)7-20-9-4-2-1-3-5-9/h1-6,8H,7H2,(H,18,19)(H,15,16,17). The summed E-state index contributed by atoms with van der Waals surface area (Å²) in [7, 11) is 0. The first-order chi connectivity index (χ1) is 9.75. The Kier molecular flexibility index (Phi) is 3.04. The molecule has 0 saturated heterocycles. The number of H-pyrrole nitrogens is 1. The van der Waals surface area contributed by atoms with Gasteiger partial charge in [-0.3, -0.25) is 0 Å². The molecule has 2 aromatic heterocycles. The summed E-state index contributed by atoms with van der Waals surface area (Å²) in [6.07, 6.45) is 2.79. The van der Waals surface area contributed by atoms with E-state index in [-0.39, 0.29) is 12.2 Å². The third-order valence-electron chi connectivity index (χ3n) is 2.90. The van der Waals surface area contributed by atoms with Gasteiger partial charge < -0.3 is 14.8 Å². The summed E-state index contributed by atoms with van der Waals surface area (Å²) in [4.78, 5) is 22.1. The van der Waals surface area contributed by atoms with Gasteiger partial charge in [0.25, 0.3) is 0 Å². The van der Waals surface area contributed by atoms with Crippen LogP contribution in [0.5, 0.6) is 5.75 Å². The summed E-state index contributed by atoms with van der Waals surface area (Å²) in [5, 5.41) is 9.65. The number of nitrogens with zero attached hydrogens (tertiary/aromatic N) is 2. The van der Waals surface area contributed by atoms with Crippen LogP contribution in [0.15, 0.2) is 42.9 Å². The monoisotopic (exact) mass is 269 g/mol. The number of carboxylic acids is 1. The average molecular weight is 269 g/mol. The molecular weight excluding hydrogens is 258 g/mol. The molecule has 2 heterocycles. The third-order valence-corrected chi connectivity index (χ3v) is 2.90. The zero-order valence-corrected chi connectivity index (χ0v) is 10.4. The molecule has 1 aromatic carbocycles. The predicted octanol–water partition coefficient (Wildman–Crippen LogP) is 2.24. The van der Waals surface area contributed by atoms with Crippen LogP contribution >= 0.6 is 0 Å². The first-order valence-corrected chi connectivity index (χ1v) is 5.98. The number of hydrogen-bond donors (Lipinski definition) is 2. The van der Waals surface area contributed by atoms with Crippen LogP contribution in [0.3, 0.4) is 0 Å². The highest BCUT2D eigenvalue weighted by atomic mass is 16.5. The second-order valence-corrected chi connectivity index (χ2v) is 4.15. The molecule has 0 fully saturated rings. The van der Waals surface area contributed by atoms with Gasteiger partial charge in [0.2, 0.25) is 0 Å². The van der Waals surface area contributed by atoms with Crippen molar-refractivity contribution in [1.29, 1.82) is 0 Å². The fraction of sp³-hybridized carbons (Fsp3) is 0.0714. The highest BCUT2D eigenvalue weighted by molar-refractivity contribution is 6.03. The van der Waals surface area contributed by atoms with Gasteiger partial charge in [-0.1, -0.05) is 18.2 Å². The smallest absolute Gasteiger partial charge is 0.338 e. The number of hydrogen-bond acceptors (Lipinski definition) is 4. The zero-order valence-electron chi connectivity index (χ0n) is 10.4. The third kappa shape index (κ3) is 2.18. The van der Waals surface area contributed by atoms with Crippen molar-refractivity contribution >= 4 is 17.0 Å². The lowest BCUT2D eigenvalue weighted by Crippen LogP contribution is -2.03. The molecule has 0 aliphatic carbocycles. The number of carbonyl (C=O) groups is 1. The molecule has 0 spiro atoms. The number of aromatic amines is 1. The van der Waals surface area contributed by atoms with Gasteiger partial charge in [0.05, 0.1) is 16.6 Å². The van der Waals surface area contributed by atoms with E-state index in [0.717, 1.165) is 0 Å². The van der Waals surface area contributed by atoms with E-state index in [1.807, 2.05) is 30.3 Å². The summed E-state index contributed by atoms with van der Waals surface area (Å²) >= 11 is 0. The lowest BCUT2D eigenvalue weighted by atomic mass is 10.2. The molecule has 20 heavy (non-hydrogen) atoms. The van der Waals surface area contributed by atoms with Crippen LogP contribution in [-0.4, -0.2) is 26.0 Å². The first-order valence-electron chi connectivity index (χ1n) is 5.98. The largest absolute Gasteiger partial charge is 0.487 e. The van der Waals surface area contributed by atoms with E-state index in [1.165, 1.54) is 12.5 Å². The van der Waals surface area contributed by atoms with Crippen molar-refractivity contribution in [1.82, 2.24) is 15.0 Å². The molecule has 100 valence electrons. The van der Waals surface area contributed by atoms with Crippen molar-refractivity contribution in [2.75, 3.05) is 0 Å². The predicted molar refractivity (Wildman–Crippen MR) is 71.6 cm³/mol. The fourth-order valence-corrected chi connectivity index (χ4v) is 1.97. The minimum Gasteiger partial charge on any atom is -0.487 e. The zero-order chi connectivity index (χ0) is 13.9. The van der Waals surface area contributed by atoms with Crippen LogP contribution in [0.2, 0.25) is 0 Å². The number of rotatable bonds is 4. The van der Waals surface area contributed by atoms with E-state index >= 15 is 0 Å². The maximum absolute atomic E-state index is 11.2. The average Bonchev–Trinajstić information content (AvgIpc) is 2.91. The van der Waals surface area contributed by atoms with Crippen LogP contribution in [0.1, 0.15) is 16.1 Å². The first kappa shape index (κ1) is 12.2. The highest BCUT2D eigenvalue weighted by Crippen LogP contribution is 2.21. The van der Waals surface area contributed by atoms with Gasteiger partial charge in [-0.25, -0.2) is 14.8 Å². The van der Waals surface area contributed by atoms with Crippen LogP contribution in [-0.2, 0) is 6.61 Å². The van der Waals surface area contributed by atoms with Gasteiger partial charge in [0.15, 0.2) is 0 Å². The van der Waals surface area contributed by atoms with Gasteiger partial charge >= 0.3 is 5.97 Å². The van der Waals surface area contributed by atoms with Crippen molar-refractivity contribution in [3.05, 3.63) is 54.1 Å². The minimum atomic E-state index is -1.02. The molecule has 6 heteroatoms. The van der Waals surface area contributed by atoms with Gasteiger partial charge in [0.1, 0.15) is 24.3 Å². The van der Waals surface area contributed by atoms with E-state index in [9.17, 15) is 4.79 Å². The number of benzene rings is 1. The Morgan fingerprint density at radius 1 is 1.25 bits per heavy atom. The molecule has 6 nitrogen and oxygen atoms in total. The van der Waals surface area contributed by atoms with Crippen molar-refractivity contribution in [2.45, 2.75) is 6.61 Å². The molecule has 0 aliphatic heterocycles. The molecule has 0 atom stereocenters. The Morgan fingerprint density at radius 3 is 2.80 bits per heavy atom. The molecule has 0 unspecified atom stereocenters. The number of ether oxygens (including phenoxy) is 1. The molecule has 2 N–H and O–H groups in total. The Hall–Kier alpha value is -2.89. The minimum absolute atomic E-state index is 0.146. The van der Waals surface area contributed by atoms with Crippen molar-refractivity contribution < 1.29 is 14.6 Å². The fourth-order valence-electron chi connectivity index (χ4n) is 1.97. The van der Waals surface area contributed by atoms with E-state index in [1.54, 1.807) is 0 Å². The summed E-state index contributed by atoms with van der Waals surface area (Å²) in [5.41, 5.74) is 1.17. The van der Waals surface area contributed by atoms with E-state index in [4.69, 9.17) is 9.84 Å². The maximum Gasteiger partial charge on any atom is 0.338 e. The Bertz CT molecular complexity index is 753.